The average Bonchev–Trinajstić information content (AvgIpc) is 2.92. The van der Waals surface area contributed by atoms with Crippen LogP contribution in [0, 0.1) is 11.7 Å². The summed E-state index contributed by atoms with van der Waals surface area (Å²) in [6.45, 7) is 0.309. The van der Waals surface area contributed by atoms with Gasteiger partial charge in [-0.25, -0.2) is 4.39 Å². The van der Waals surface area contributed by atoms with Crippen molar-refractivity contribution in [1.29, 1.82) is 0 Å². The van der Waals surface area contributed by atoms with E-state index in [1.165, 1.54) is 12.1 Å². The molecule has 1 aliphatic rings. The first-order valence-electron chi connectivity index (χ1n) is 7.06. The van der Waals surface area contributed by atoms with Crippen LogP contribution in [0.1, 0.15) is 6.42 Å². The Kier molecular flexibility index (Phi) is 3.87. The number of hydrogen-bond donors (Lipinski definition) is 1. The lowest BCUT2D eigenvalue weighted by molar-refractivity contribution is -0.122. The molecule has 2 aromatic rings. The second-order valence-electron chi connectivity index (χ2n) is 5.21. The molecule has 2 aromatic carbocycles. The van der Waals surface area contributed by atoms with Gasteiger partial charge < -0.3 is 10.2 Å². The van der Waals surface area contributed by atoms with Crippen molar-refractivity contribution in [2.24, 2.45) is 5.92 Å². The van der Waals surface area contributed by atoms with Crippen molar-refractivity contribution in [3.8, 4) is 0 Å². The van der Waals surface area contributed by atoms with Crippen LogP contribution in [-0.2, 0) is 9.59 Å². The van der Waals surface area contributed by atoms with E-state index >= 15 is 0 Å². The highest BCUT2D eigenvalue weighted by atomic mass is 19.1. The van der Waals surface area contributed by atoms with Gasteiger partial charge >= 0.3 is 0 Å². The van der Waals surface area contributed by atoms with Crippen molar-refractivity contribution in [3.63, 3.8) is 0 Å². The molecule has 3 rings (SSSR count). The molecule has 22 heavy (non-hydrogen) atoms. The fraction of sp³-hybridized carbons (Fsp3) is 0.176. The molecule has 1 heterocycles. The first-order valence-corrected chi connectivity index (χ1v) is 7.06. The molecule has 0 aromatic heterocycles. The van der Waals surface area contributed by atoms with Gasteiger partial charge in [-0.3, -0.25) is 9.59 Å². The summed E-state index contributed by atoms with van der Waals surface area (Å²) in [7, 11) is 0. The Morgan fingerprint density at radius 3 is 2.50 bits per heavy atom. The van der Waals surface area contributed by atoms with Crippen molar-refractivity contribution in [3.05, 3.63) is 60.4 Å². The van der Waals surface area contributed by atoms with E-state index in [1.54, 1.807) is 17.0 Å². The second kappa shape index (κ2) is 5.97. The molecule has 5 heteroatoms. The maximum atomic E-state index is 13.6. The van der Waals surface area contributed by atoms with E-state index in [0.29, 0.717) is 6.54 Å². The van der Waals surface area contributed by atoms with Crippen LogP contribution in [0.25, 0.3) is 0 Å². The first kappa shape index (κ1) is 14.3. The number of carbonyl (C=O) groups is 2. The number of benzene rings is 2. The van der Waals surface area contributed by atoms with Crippen LogP contribution in [0.4, 0.5) is 15.8 Å². The van der Waals surface area contributed by atoms with Gasteiger partial charge in [0.25, 0.3) is 0 Å². The topological polar surface area (TPSA) is 49.4 Å². The summed E-state index contributed by atoms with van der Waals surface area (Å²) in [6.07, 6.45) is 0.134. The summed E-state index contributed by atoms with van der Waals surface area (Å²) in [5, 5.41) is 2.55. The molecule has 4 nitrogen and oxygen atoms in total. The zero-order valence-corrected chi connectivity index (χ0v) is 11.8. The third kappa shape index (κ3) is 2.83. The van der Waals surface area contributed by atoms with E-state index in [-0.39, 0.29) is 23.9 Å². The van der Waals surface area contributed by atoms with Gasteiger partial charge in [0.2, 0.25) is 11.8 Å². The van der Waals surface area contributed by atoms with Gasteiger partial charge in [-0.15, -0.1) is 0 Å². The summed E-state index contributed by atoms with van der Waals surface area (Å²) in [5.41, 5.74) is 0.909. The van der Waals surface area contributed by atoms with Crippen LogP contribution in [-0.4, -0.2) is 18.4 Å². The highest BCUT2D eigenvalue weighted by molar-refractivity contribution is 6.03. The number of amides is 2. The van der Waals surface area contributed by atoms with Gasteiger partial charge in [-0.1, -0.05) is 30.3 Å². The van der Waals surface area contributed by atoms with Crippen LogP contribution >= 0.6 is 0 Å². The van der Waals surface area contributed by atoms with Crippen LogP contribution in [0.5, 0.6) is 0 Å². The molecule has 1 saturated heterocycles. The van der Waals surface area contributed by atoms with Gasteiger partial charge in [0.05, 0.1) is 11.6 Å². The molecule has 1 fully saturated rings. The third-order valence-corrected chi connectivity index (χ3v) is 3.70. The standard InChI is InChI=1S/C17H15FN2O2/c18-14-8-4-5-9-15(14)19-17(22)12-10-16(21)20(11-12)13-6-2-1-3-7-13/h1-9,12H,10-11H2,(H,19,22). The fourth-order valence-corrected chi connectivity index (χ4v) is 2.54. The van der Waals surface area contributed by atoms with Gasteiger partial charge in [0.1, 0.15) is 5.82 Å². The Labute approximate surface area is 127 Å². The van der Waals surface area contributed by atoms with Gasteiger partial charge in [0.15, 0.2) is 0 Å². The number of nitrogens with zero attached hydrogens (tertiary/aromatic N) is 1. The number of carbonyl (C=O) groups excluding carboxylic acids is 2. The molecular weight excluding hydrogens is 283 g/mol. The molecule has 1 atom stereocenters. The van der Waals surface area contributed by atoms with E-state index < -0.39 is 11.7 Å². The average molecular weight is 298 g/mol. The first-order chi connectivity index (χ1) is 10.6. The molecule has 0 spiro atoms. The van der Waals surface area contributed by atoms with E-state index in [9.17, 15) is 14.0 Å². The number of para-hydroxylation sites is 2. The predicted octanol–water partition coefficient (Wildman–Crippen LogP) is 2.82. The van der Waals surface area contributed by atoms with E-state index in [4.69, 9.17) is 0 Å². The molecule has 0 aliphatic carbocycles. The largest absolute Gasteiger partial charge is 0.323 e. The van der Waals surface area contributed by atoms with Crippen LogP contribution < -0.4 is 10.2 Å². The van der Waals surface area contributed by atoms with Gasteiger partial charge in [-0.05, 0) is 24.3 Å². The SMILES string of the molecule is O=C(Nc1ccccc1F)C1CC(=O)N(c2ccccc2)C1. The number of rotatable bonds is 3. The molecule has 1 unspecified atom stereocenters. The van der Waals surface area contributed by atoms with Crippen LogP contribution in [0.15, 0.2) is 54.6 Å². The normalized spacial score (nSPS) is 17.6. The molecule has 0 bridgehead atoms. The number of halogens is 1. The Morgan fingerprint density at radius 1 is 1.09 bits per heavy atom. The minimum atomic E-state index is -0.486. The maximum Gasteiger partial charge on any atom is 0.229 e. The zero-order valence-electron chi connectivity index (χ0n) is 11.8. The smallest absolute Gasteiger partial charge is 0.229 e. The molecule has 2 amide bonds. The van der Waals surface area contributed by atoms with E-state index in [1.807, 2.05) is 30.3 Å². The van der Waals surface area contributed by atoms with E-state index in [2.05, 4.69) is 5.32 Å². The highest BCUT2D eigenvalue weighted by Gasteiger charge is 2.35. The third-order valence-electron chi connectivity index (χ3n) is 3.70. The minimum Gasteiger partial charge on any atom is -0.323 e. The molecule has 0 saturated carbocycles. The molecule has 1 aliphatic heterocycles. The van der Waals surface area contributed by atoms with Crippen LogP contribution in [0.2, 0.25) is 0 Å². The molecule has 0 radical (unpaired) electrons. The van der Waals surface area contributed by atoms with Crippen molar-refractivity contribution in [2.45, 2.75) is 6.42 Å². The lowest BCUT2D eigenvalue weighted by Crippen LogP contribution is -2.28. The number of nitrogens with one attached hydrogen (secondary N) is 1. The Morgan fingerprint density at radius 2 is 1.77 bits per heavy atom. The van der Waals surface area contributed by atoms with Crippen molar-refractivity contribution in [1.82, 2.24) is 0 Å². The summed E-state index contributed by atoms with van der Waals surface area (Å²) in [4.78, 5) is 25.9. The number of hydrogen-bond acceptors (Lipinski definition) is 2. The van der Waals surface area contributed by atoms with Gasteiger partial charge in [0, 0.05) is 18.7 Å². The lowest BCUT2D eigenvalue weighted by Gasteiger charge is -2.16. The Balaban J connectivity index is 1.71. The molecule has 1 N–H and O–H groups in total. The lowest BCUT2D eigenvalue weighted by atomic mass is 10.1. The highest BCUT2D eigenvalue weighted by Crippen LogP contribution is 2.26. The Hall–Kier alpha value is -2.69. The van der Waals surface area contributed by atoms with Crippen molar-refractivity contribution >= 4 is 23.2 Å². The minimum absolute atomic E-state index is 0.0973. The monoisotopic (exact) mass is 298 g/mol. The van der Waals surface area contributed by atoms with Crippen molar-refractivity contribution < 1.29 is 14.0 Å². The molecule has 112 valence electrons. The predicted molar refractivity (Wildman–Crippen MR) is 81.9 cm³/mol. The quantitative estimate of drug-likeness (QED) is 0.947. The maximum absolute atomic E-state index is 13.6. The summed E-state index contributed by atoms with van der Waals surface area (Å²) >= 11 is 0. The summed E-state index contributed by atoms with van der Waals surface area (Å²) < 4.78 is 13.6. The zero-order chi connectivity index (χ0) is 15.5. The van der Waals surface area contributed by atoms with E-state index in [0.717, 1.165) is 5.69 Å². The summed E-state index contributed by atoms with van der Waals surface area (Å²) in [5.74, 6) is -1.40. The van der Waals surface area contributed by atoms with Crippen molar-refractivity contribution in [2.75, 3.05) is 16.8 Å². The summed E-state index contributed by atoms with van der Waals surface area (Å²) in [6, 6.07) is 15.2. The Bertz CT molecular complexity index is 703. The molecular formula is C17H15FN2O2. The van der Waals surface area contributed by atoms with Gasteiger partial charge in [-0.2, -0.15) is 0 Å². The number of anilines is 2. The second-order valence-corrected chi connectivity index (χ2v) is 5.21. The van der Waals surface area contributed by atoms with Crippen LogP contribution in [0.3, 0.4) is 0 Å². The fourth-order valence-electron chi connectivity index (χ4n) is 2.54.